The van der Waals surface area contributed by atoms with Crippen LogP contribution in [0.25, 0.3) is 10.2 Å². The summed E-state index contributed by atoms with van der Waals surface area (Å²) in [5.74, 6) is 0. The molecule has 0 aliphatic heterocycles. The zero-order valence-corrected chi connectivity index (χ0v) is 11.4. The van der Waals surface area contributed by atoms with Crippen LogP contribution in [-0.2, 0) is 0 Å². The van der Waals surface area contributed by atoms with Gasteiger partial charge in [-0.25, -0.2) is 4.98 Å². The van der Waals surface area contributed by atoms with Crippen LogP contribution < -0.4 is 5.73 Å². The van der Waals surface area contributed by atoms with Crippen LogP contribution in [0.15, 0.2) is 24.3 Å². The van der Waals surface area contributed by atoms with E-state index >= 15 is 0 Å². The average Bonchev–Trinajstić information content (AvgIpc) is 2.70. The minimum absolute atomic E-state index is 0.192. The summed E-state index contributed by atoms with van der Waals surface area (Å²) in [7, 11) is 2.10. The fourth-order valence-corrected chi connectivity index (χ4v) is 2.95. The molecule has 92 valence electrons. The SMILES string of the molecule is CC(N)CN(C)C(C)c1nc2ccccc2s1. The first kappa shape index (κ1) is 12.5. The van der Waals surface area contributed by atoms with Gasteiger partial charge in [0.05, 0.1) is 16.3 Å². The molecule has 0 saturated carbocycles. The van der Waals surface area contributed by atoms with Crippen molar-refractivity contribution in [1.82, 2.24) is 9.88 Å². The molecular weight excluding hydrogens is 230 g/mol. The molecule has 0 fully saturated rings. The molecule has 3 nitrogen and oxygen atoms in total. The second-order valence-corrected chi connectivity index (χ2v) is 5.67. The fourth-order valence-electron chi connectivity index (χ4n) is 1.87. The van der Waals surface area contributed by atoms with Gasteiger partial charge in [-0.15, -0.1) is 11.3 Å². The summed E-state index contributed by atoms with van der Waals surface area (Å²) in [6, 6.07) is 8.78. The Labute approximate surface area is 106 Å². The van der Waals surface area contributed by atoms with Gasteiger partial charge in [0.2, 0.25) is 0 Å². The average molecular weight is 249 g/mol. The highest BCUT2D eigenvalue weighted by molar-refractivity contribution is 7.18. The molecule has 0 spiro atoms. The van der Waals surface area contributed by atoms with Crippen molar-refractivity contribution >= 4 is 21.6 Å². The summed E-state index contributed by atoms with van der Waals surface area (Å²) in [4.78, 5) is 6.93. The van der Waals surface area contributed by atoms with Crippen molar-refractivity contribution in [3.63, 3.8) is 0 Å². The molecule has 2 N–H and O–H groups in total. The molecule has 0 amide bonds. The number of rotatable bonds is 4. The number of thiazole rings is 1. The number of hydrogen-bond acceptors (Lipinski definition) is 4. The van der Waals surface area contributed by atoms with E-state index in [1.807, 2.05) is 13.0 Å². The van der Waals surface area contributed by atoms with Crippen LogP contribution in [-0.4, -0.2) is 29.5 Å². The summed E-state index contributed by atoms with van der Waals surface area (Å²) in [6.45, 7) is 5.10. The van der Waals surface area contributed by atoms with Gasteiger partial charge in [-0.2, -0.15) is 0 Å². The molecule has 2 atom stereocenters. The topological polar surface area (TPSA) is 42.1 Å². The maximum atomic E-state index is 5.83. The molecular formula is C13H19N3S. The van der Waals surface area contributed by atoms with E-state index in [0.29, 0.717) is 6.04 Å². The van der Waals surface area contributed by atoms with Gasteiger partial charge < -0.3 is 5.73 Å². The number of aromatic nitrogens is 1. The smallest absolute Gasteiger partial charge is 0.111 e. The van der Waals surface area contributed by atoms with Crippen molar-refractivity contribution in [2.75, 3.05) is 13.6 Å². The molecule has 0 bridgehead atoms. The highest BCUT2D eigenvalue weighted by Gasteiger charge is 2.16. The lowest BCUT2D eigenvalue weighted by atomic mass is 10.2. The van der Waals surface area contributed by atoms with Crippen molar-refractivity contribution in [3.8, 4) is 0 Å². The van der Waals surface area contributed by atoms with Crippen LogP contribution in [0.1, 0.15) is 24.9 Å². The summed E-state index contributed by atoms with van der Waals surface area (Å²) in [6.07, 6.45) is 0. The van der Waals surface area contributed by atoms with E-state index in [9.17, 15) is 0 Å². The monoisotopic (exact) mass is 249 g/mol. The Morgan fingerprint density at radius 2 is 2.06 bits per heavy atom. The molecule has 17 heavy (non-hydrogen) atoms. The third kappa shape index (κ3) is 2.83. The summed E-state index contributed by atoms with van der Waals surface area (Å²) in [5.41, 5.74) is 6.92. The largest absolute Gasteiger partial charge is 0.327 e. The number of likely N-dealkylation sites (N-methyl/N-ethyl adjacent to an activating group) is 1. The zero-order chi connectivity index (χ0) is 12.4. The van der Waals surface area contributed by atoms with E-state index in [-0.39, 0.29) is 6.04 Å². The van der Waals surface area contributed by atoms with E-state index in [1.165, 1.54) is 4.70 Å². The van der Waals surface area contributed by atoms with Crippen molar-refractivity contribution in [3.05, 3.63) is 29.3 Å². The third-order valence-corrected chi connectivity index (χ3v) is 4.11. The second kappa shape index (κ2) is 5.12. The molecule has 0 aliphatic carbocycles. The molecule has 2 unspecified atom stereocenters. The molecule has 1 heterocycles. The summed E-state index contributed by atoms with van der Waals surface area (Å²) < 4.78 is 1.25. The van der Waals surface area contributed by atoms with E-state index in [1.54, 1.807) is 11.3 Å². The van der Waals surface area contributed by atoms with Crippen LogP contribution in [0.4, 0.5) is 0 Å². The number of benzene rings is 1. The van der Waals surface area contributed by atoms with Gasteiger partial charge in [-0.3, -0.25) is 4.90 Å². The zero-order valence-electron chi connectivity index (χ0n) is 10.6. The predicted molar refractivity (Wildman–Crippen MR) is 74.3 cm³/mol. The number of hydrogen-bond donors (Lipinski definition) is 1. The molecule has 2 rings (SSSR count). The lowest BCUT2D eigenvalue weighted by Crippen LogP contribution is -2.34. The van der Waals surface area contributed by atoms with Gasteiger partial charge in [0.25, 0.3) is 0 Å². The standard InChI is InChI=1S/C13H19N3S/c1-9(14)8-16(3)10(2)13-15-11-6-4-5-7-12(11)17-13/h4-7,9-10H,8,14H2,1-3H3. The predicted octanol–water partition coefficient (Wildman–Crippen LogP) is 2.64. The lowest BCUT2D eigenvalue weighted by Gasteiger charge is -2.24. The first-order valence-electron chi connectivity index (χ1n) is 5.89. The summed E-state index contributed by atoms with van der Waals surface area (Å²) in [5, 5.41) is 1.16. The van der Waals surface area contributed by atoms with Crippen LogP contribution >= 0.6 is 11.3 Å². The number of para-hydroxylation sites is 1. The Bertz CT molecular complexity index is 459. The van der Waals surface area contributed by atoms with Gasteiger partial charge in [0.1, 0.15) is 5.01 Å². The molecule has 2 aromatic rings. The Hall–Kier alpha value is -0.970. The number of fused-ring (bicyclic) bond motifs is 1. The van der Waals surface area contributed by atoms with Crippen LogP contribution in [0.3, 0.4) is 0 Å². The van der Waals surface area contributed by atoms with E-state index in [4.69, 9.17) is 5.73 Å². The Kier molecular flexibility index (Phi) is 3.76. The summed E-state index contributed by atoms with van der Waals surface area (Å²) >= 11 is 1.77. The Balaban J connectivity index is 2.21. The molecule has 1 aromatic carbocycles. The lowest BCUT2D eigenvalue weighted by molar-refractivity contribution is 0.249. The van der Waals surface area contributed by atoms with Crippen LogP contribution in [0, 0.1) is 0 Å². The molecule has 4 heteroatoms. The minimum Gasteiger partial charge on any atom is -0.327 e. The number of nitrogens with zero attached hydrogens (tertiary/aromatic N) is 2. The molecule has 1 aromatic heterocycles. The first-order valence-corrected chi connectivity index (χ1v) is 6.71. The van der Waals surface area contributed by atoms with E-state index in [2.05, 4.69) is 42.1 Å². The van der Waals surface area contributed by atoms with Crippen molar-refractivity contribution < 1.29 is 0 Å². The van der Waals surface area contributed by atoms with Crippen LogP contribution in [0.2, 0.25) is 0 Å². The van der Waals surface area contributed by atoms with Crippen molar-refractivity contribution in [1.29, 1.82) is 0 Å². The first-order chi connectivity index (χ1) is 8.08. The maximum Gasteiger partial charge on any atom is 0.111 e. The fraction of sp³-hybridized carbons (Fsp3) is 0.462. The molecule has 0 radical (unpaired) electrons. The highest BCUT2D eigenvalue weighted by atomic mass is 32.1. The van der Waals surface area contributed by atoms with Crippen LogP contribution in [0.5, 0.6) is 0 Å². The van der Waals surface area contributed by atoms with Crippen molar-refractivity contribution in [2.24, 2.45) is 5.73 Å². The maximum absolute atomic E-state index is 5.83. The Morgan fingerprint density at radius 3 is 2.71 bits per heavy atom. The number of nitrogens with two attached hydrogens (primary N) is 1. The van der Waals surface area contributed by atoms with Crippen molar-refractivity contribution in [2.45, 2.75) is 25.9 Å². The quantitative estimate of drug-likeness (QED) is 0.905. The van der Waals surface area contributed by atoms with Gasteiger partial charge in [-0.05, 0) is 33.0 Å². The second-order valence-electron chi connectivity index (χ2n) is 4.61. The van der Waals surface area contributed by atoms with E-state index < -0.39 is 0 Å². The Morgan fingerprint density at radius 1 is 1.35 bits per heavy atom. The van der Waals surface area contributed by atoms with Gasteiger partial charge in [-0.1, -0.05) is 12.1 Å². The van der Waals surface area contributed by atoms with Gasteiger partial charge in [0.15, 0.2) is 0 Å². The van der Waals surface area contributed by atoms with Gasteiger partial charge in [0, 0.05) is 12.6 Å². The minimum atomic E-state index is 0.192. The molecule has 0 aliphatic rings. The third-order valence-electron chi connectivity index (χ3n) is 2.90. The highest BCUT2D eigenvalue weighted by Crippen LogP contribution is 2.28. The normalized spacial score (nSPS) is 15.4. The van der Waals surface area contributed by atoms with E-state index in [0.717, 1.165) is 17.1 Å². The van der Waals surface area contributed by atoms with Gasteiger partial charge >= 0.3 is 0 Å². The molecule has 0 saturated heterocycles.